The van der Waals surface area contributed by atoms with Crippen molar-refractivity contribution < 1.29 is 4.74 Å². The number of aryl methyl sites for hydroxylation is 1. The Kier molecular flexibility index (Phi) is 6.47. The van der Waals surface area contributed by atoms with Crippen LogP contribution in [0.4, 0.5) is 5.69 Å². The largest absolute Gasteiger partial charge is 0.497 e. The van der Waals surface area contributed by atoms with Crippen LogP contribution in [-0.4, -0.2) is 27.1 Å². The van der Waals surface area contributed by atoms with Crippen LogP contribution in [0.3, 0.4) is 0 Å². The zero-order valence-corrected chi connectivity index (χ0v) is 18.8. The van der Waals surface area contributed by atoms with Gasteiger partial charge in [-0.1, -0.05) is 18.2 Å². The highest BCUT2D eigenvalue weighted by molar-refractivity contribution is 7.80. The second-order valence-corrected chi connectivity index (χ2v) is 7.98. The first-order valence-corrected chi connectivity index (χ1v) is 10.6. The summed E-state index contributed by atoms with van der Waals surface area (Å²) in [5.74, 6) is 0.736. The van der Waals surface area contributed by atoms with Gasteiger partial charge in [0.15, 0.2) is 5.11 Å². The number of nitrogens with one attached hydrogen (secondary N) is 2. The van der Waals surface area contributed by atoms with Gasteiger partial charge in [-0.05, 0) is 72.7 Å². The number of pyridine rings is 2. The van der Waals surface area contributed by atoms with Crippen LogP contribution in [0.25, 0.3) is 10.9 Å². The van der Waals surface area contributed by atoms with E-state index in [-0.39, 0.29) is 5.56 Å². The molecule has 0 saturated heterocycles. The summed E-state index contributed by atoms with van der Waals surface area (Å²) < 4.78 is 5.33. The predicted molar refractivity (Wildman–Crippen MR) is 132 cm³/mol. The van der Waals surface area contributed by atoms with Crippen LogP contribution in [0.1, 0.15) is 16.7 Å². The van der Waals surface area contributed by atoms with Crippen LogP contribution < -0.4 is 15.6 Å². The number of aromatic nitrogens is 2. The van der Waals surface area contributed by atoms with Crippen molar-refractivity contribution >= 4 is 33.9 Å². The van der Waals surface area contributed by atoms with Crippen molar-refractivity contribution in [2.24, 2.45) is 0 Å². The summed E-state index contributed by atoms with van der Waals surface area (Å²) in [6, 6.07) is 19.4. The molecule has 4 aromatic rings. The van der Waals surface area contributed by atoms with Gasteiger partial charge in [0.05, 0.1) is 13.7 Å². The van der Waals surface area contributed by atoms with Gasteiger partial charge in [-0.2, -0.15) is 0 Å². The molecule has 0 spiro atoms. The van der Waals surface area contributed by atoms with Crippen molar-refractivity contribution in [1.82, 2.24) is 14.9 Å². The van der Waals surface area contributed by atoms with Crippen molar-refractivity contribution in [3.63, 3.8) is 0 Å². The Hall–Kier alpha value is -3.71. The quantitative estimate of drug-likeness (QED) is 0.422. The molecule has 32 heavy (non-hydrogen) atoms. The lowest BCUT2D eigenvalue weighted by molar-refractivity contribution is 0.410. The number of H-pyrrole nitrogens is 1. The van der Waals surface area contributed by atoms with Crippen LogP contribution in [-0.2, 0) is 13.1 Å². The Morgan fingerprint density at radius 1 is 1.12 bits per heavy atom. The fraction of sp³-hybridized carbons (Fsp3) is 0.160. The molecule has 2 aromatic carbocycles. The van der Waals surface area contributed by atoms with Gasteiger partial charge >= 0.3 is 0 Å². The molecule has 0 fully saturated rings. The first-order valence-electron chi connectivity index (χ1n) is 10.2. The lowest BCUT2D eigenvalue weighted by Gasteiger charge is -2.26. The van der Waals surface area contributed by atoms with E-state index < -0.39 is 0 Å². The highest BCUT2D eigenvalue weighted by atomic mass is 32.1. The molecule has 162 valence electrons. The Balaban J connectivity index is 1.65. The number of methoxy groups -OCH3 is 1. The molecule has 2 aromatic heterocycles. The molecule has 0 saturated carbocycles. The topological polar surface area (TPSA) is 70.2 Å². The number of benzene rings is 2. The van der Waals surface area contributed by atoms with Gasteiger partial charge in [0.25, 0.3) is 5.56 Å². The van der Waals surface area contributed by atoms with Crippen molar-refractivity contribution in [2.45, 2.75) is 20.0 Å². The lowest BCUT2D eigenvalue weighted by Crippen LogP contribution is -2.35. The van der Waals surface area contributed by atoms with Crippen LogP contribution in [0.15, 0.2) is 77.9 Å². The zero-order chi connectivity index (χ0) is 22.5. The molecule has 2 heterocycles. The number of hydrogen-bond donors (Lipinski definition) is 2. The van der Waals surface area contributed by atoms with E-state index in [2.05, 4.69) is 15.3 Å². The zero-order valence-electron chi connectivity index (χ0n) is 18.0. The standard InChI is InChI=1S/C25H24N4O2S/c1-17-5-3-7-21(11-17)27-25(32)29(15-18-6-4-10-26-14-18)16-20-12-19-13-22(31-2)8-9-23(19)28-24(20)30/h3-14H,15-16H2,1-2H3,(H,27,32)(H,28,30). The molecule has 0 bridgehead atoms. The van der Waals surface area contributed by atoms with Crippen molar-refractivity contribution in [3.8, 4) is 5.75 Å². The van der Waals surface area contributed by atoms with E-state index in [1.807, 2.05) is 72.5 Å². The van der Waals surface area contributed by atoms with E-state index in [9.17, 15) is 4.79 Å². The van der Waals surface area contributed by atoms with E-state index in [0.717, 1.165) is 33.5 Å². The van der Waals surface area contributed by atoms with Gasteiger partial charge in [-0.15, -0.1) is 0 Å². The number of thiocarbonyl (C=S) groups is 1. The fourth-order valence-corrected chi connectivity index (χ4v) is 3.76. The monoisotopic (exact) mass is 444 g/mol. The Bertz CT molecular complexity index is 1300. The van der Waals surface area contributed by atoms with Gasteiger partial charge in [-0.25, -0.2) is 0 Å². The molecule has 0 aliphatic heterocycles. The van der Waals surface area contributed by atoms with E-state index in [0.29, 0.717) is 23.8 Å². The van der Waals surface area contributed by atoms with Crippen LogP contribution in [0.5, 0.6) is 5.75 Å². The van der Waals surface area contributed by atoms with Crippen molar-refractivity contribution in [2.75, 3.05) is 12.4 Å². The van der Waals surface area contributed by atoms with Gasteiger partial charge in [0.1, 0.15) is 5.75 Å². The summed E-state index contributed by atoms with van der Waals surface area (Å²) in [6.45, 7) is 2.89. The predicted octanol–water partition coefficient (Wildman–Crippen LogP) is 4.64. The van der Waals surface area contributed by atoms with Crippen LogP contribution in [0, 0.1) is 6.92 Å². The maximum atomic E-state index is 12.8. The minimum absolute atomic E-state index is 0.141. The number of fused-ring (bicyclic) bond motifs is 1. The summed E-state index contributed by atoms with van der Waals surface area (Å²) in [5, 5.41) is 4.74. The third-order valence-corrected chi connectivity index (χ3v) is 5.50. The molecule has 6 nitrogen and oxygen atoms in total. The third-order valence-electron chi connectivity index (χ3n) is 5.14. The summed E-state index contributed by atoms with van der Waals surface area (Å²) in [5.41, 5.74) is 4.28. The number of hydrogen-bond acceptors (Lipinski definition) is 4. The molecule has 7 heteroatoms. The van der Waals surface area contributed by atoms with E-state index in [1.165, 1.54) is 0 Å². The molecular formula is C25H24N4O2S. The number of anilines is 1. The molecule has 0 aliphatic carbocycles. The summed E-state index contributed by atoms with van der Waals surface area (Å²) in [6.07, 6.45) is 3.54. The average molecular weight is 445 g/mol. The summed E-state index contributed by atoms with van der Waals surface area (Å²) >= 11 is 5.74. The minimum Gasteiger partial charge on any atom is -0.497 e. The van der Waals surface area contributed by atoms with Crippen molar-refractivity contribution in [3.05, 3.63) is 100 Å². The molecule has 0 amide bonds. The molecule has 0 radical (unpaired) electrons. The molecule has 0 unspecified atom stereocenters. The smallest absolute Gasteiger partial charge is 0.253 e. The normalized spacial score (nSPS) is 10.7. The van der Waals surface area contributed by atoms with E-state index in [4.69, 9.17) is 17.0 Å². The molecule has 0 atom stereocenters. The van der Waals surface area contributed by atoms with Gasteiger partial charge < -0.3 is 19.9 Å². The van der Waals surface area contributed by atoms with E-state index >= 15 is 0 Å². The van der Waals surface area contributed by atoms with Gasteiger partial charge in [0, 0.05) is 41.1 Å². The first-order chi connectivity index (χ1) is 15.5. The van der Waals surface area contributed by atoms with Gasteiger partial charge in [0.2, 0.25) is 0 Å². The maximum Gasteiger partial charge on any atom is 0.253 e. The number of ether oxygens (including phenoxy) is 1. The summed E-state index contributed by atoms with van der Waals surface area (Å²) in [7, 11) is 1.62. The lowest BCUT2D eigenvalue weighted by atomic mass is 10.1. The Morgan fingerprint density at radius 2 is 2.00 bits per heavy atom. The van der Waals surface area contributed by atoms with Crippen LogP contribution >= 0.6 is 12.2 Å². The first kappa shape index (κ1) is 21.5. The SMILES string of the molecule is COc1ccc2[nH]c(=O)c(CN(Cc3cccnc3)C(=S)Nc3cccc(C)c3)cc2c1. The van der Waals surface area contributed by atoms with E-state index in [1.54, 1.807) is 19.5 Å². The van der Waals surface area contributed by atoms with Crippen LogP contribution in [0.2, 0.25) is 0 Å². The Labute approximate surface area is 191 Å². The highest BCUT2D eigenvalue weighted by Crippen LogP contribution is 2.20. The van der Waals surface area contributed by atoms with Crippen molar-refractivity contribution in [1.29, 1.82) is 0 Å². The second-order valence-electron chi connectivity index (χ2n) is 7.59. The maximum absolute atomic E-state index is 12.8. The van der Waals surface area contributed by atoms with Gasteiger partial charge in [-0.3, -0.25) is 9.78 Å². The number of aromatic amines is 1. The molecular weight excluding hydrogens is 420 g/mol. The molecule has 2 N–H and O–H groups in total. The minimum atomic E-state index is -0.141. The second kappa shape index (κ2) is 9.62. The third kappa shape index (κ3) is 5.12. The molecule has 0 aliphatic rings. The summed E-state index contributed by atoms with van der Waals surface area (Å²) in [4.78, 5) is 21.9. The molecule has 4 rings (SSSR count). The average Bonchev–Trinajstić information content (AvgIpc) is 2.79. The number of rotatable bonds is 6. The number of nitrogens with zero attached hydrogens (tertiary/aromatic N) is 2. The Morgan fingerprint density at radius 3 is 2.75 bits per heavy atom. The fourth-order valence-electron chi connectivity index (χ4n) is 3.52. The highest BCUT2D eigenvalue weighted by Gasteiger charge is 2.15.